The summed E-state index contributed by atoms with van der Waals surface area (Å²) in [6.07, 6.45) is 15.9. The second-order valence-electron chi connectivity index (χ2n) is 10.9. The third kappa shape index (κ3) is 15.7. The van der Waals surface area contributed by atoms with Gasteiger partial charge in [-0.05, 0) is 37.1 Å². The van der Waals surface area contributed by atoms with Gasteiger partial charge in [0.05, 0.1) is 12.7 Å². The molecule has 1 aromatic rings. The highest BCUT2D eigenvalue weighted by atomic mass is 28.3. The first-order valence-electron chi connectivity index (χ1n) is 13.9. The van der Waals surface area contributed by atoms with E-state index < -0.39 is 26.1 Å². The van der Waals surface area contributed by atoms with Gasteiger partial charge in [0.25, 0.3) is 0 Å². The lowest BCUT2D eigenvalue weighted by atomic mass is 10.1. The lowest BCUT2D eigenvalue weighted by Crippen LogP contribution is -2.27. The third-order valence-corrected chi connectivity index (χ3v) is 8.24. The van der Waals surface area contributed by atoms with Gasteiger partial charge in [-0.15, -0.1) is 0 Å². The van der Waals surface area contributed by atoms with Gasteiger partial charge in [-0.2, -0.15) is 0 Å². The summed E-state index contributed by atoms with van der Waals surface area (Å²) in [6.45, 7) is 10.1. The standard InChI is InChI=1S/C29H51NO4Si/c1-6-27(29(32)33-2)34-28(31)25-19-21-26(22-20-25)30-23-17-15-13-11-9-7-8-10-12-14-16-18-24-35(3,4)5/h19-22,27,30H,6-18,23-24H2,1-5H3. The van der Waals surface area contributed by atoms with E-state index in [-0.39, 0.29) is 0 Å². The van der Waals surface area contributed by atoms with Crippen molar-refractivity contribution >= 4 is 25.7 Å². The molecule has 200 valence electrons. The van der Waals surface area contributed by atoms with Gasteiger partial charge in [0.2, 0.25) is 0 Å². The van der Waals surface area contributed by atoms with Crippen LogP contribution < -0.4 is 5.32 Å². The third-order valence-electron chi connectivity index (χ3n) is 6.39. The van der Waals surface area contributed by atoms with E-state index in [1.165, 1.54) is 83.8 Å². The van der Waals surface area contributed by atoms with Gasteiger partial charge in [0, 0.05) is 20.3 Å². The van der Waals surface area contributed by atoms with E-state index in [1.54, 1.807) is 19.1 Å². The van der Waals surface area contributed by atoms with Crippen LogP contribution in [0, 0.1) is 0 Å². The summed E-state index contributed by atoms with van der Waals surface area (Å²) in [5, 5.41) is 3.41. The van der Waals surface area contributed by atoms with Crippen LogP contribution in [-0.4, -0.2) is 39.8 Å². The number of esters is 2. The number of carbonyl (C=O) groups is 2. The molecule has 0 saturated heterocycles. The van der Waals surface area contributed by atoms with Crippen LogP contribution in [0.15, 0.2) is 24.3 Å². The summed E-state index contributed by atoms with van der Waals surface area (Å²) in [6, 6.07) is 8.69. The van der Waals surface area contributed by atoms with Crippen molar-refractivity contribution in [2.45, 2.75) is 122 Å². The topological polar surface area (TPSA) is 64.6 Å². The van der Waals surface area contributed by atoms with Crippen molar-refractivity contribution in [1.82, 2.24) is 0 Å². The number of benzene rings is 1. The lowest BCUT2D eigenvalue weighted by Gasteiger charge is -2.14. The Kier molecular flexibility index (Phi) is 16.4. The maximum absolute atomic E-state index is 12.2. The molecular weight excluding hydrogens is 454 g/mol. The number of hydrogen-bond donors (Lipinski definition) is 1. The summed E-state index contributed by atoms with van der Waals surface area (Å²) in [4.78, 5) is 23.8. The Bertz CT molecular complexity index is 700. The molecule has 0 amide bonds. The summed E-state index contributed by atoms with van der Waals surface area (Å²) in [5.41, 5.74) is 1.42. The molecule has 0 bridgehead atoms. The predicted molar refractivity (Wildman–Crippen MR) is 150 cm³/mol. The van der Waals surface area contributed by atoms with Crippen molar-refractivity contribution < 1.29 is 19.1 Å². The number of nitrogens with one attached hydrogen (secondary N) is 1. The van der Waals surface area contributed by atoms with E-state index in [1.807, 2.05) is 12.1 Å². The van der Waals surface area contributed by atoms with E-state index in [2.05, 4.69) is 29.7 Å². The number of hydrogen-bond acceptors (Lipinski definition) is 5. The minimum atomic E-state index is -0.861. The molecular formula is C29H51NO4Si. The van der Waals surface area contributed by atoms with Crippen molar-refractivity contribution in [1.29, 1.82) is 0 Å². The molecule has 0 aromatic heterocycles. The SMILES string of the molecule is CCC(OC(=O)c1ccc(NCCCCCCCCCCCCCC[Si](C)(C)C)cc1)C(=O)OC. The zero-order valence-electron chi connectivity index (χ0n) is 23.1. The van der Waals surface area contributed by atoms with Crippen LogP contribution in [-0.2, 0) is 14.3 Å². The van der Waals surface area contributed by atoms with Gasteiger partial charge in [0.1, 0.15) is 0 Å². The fourth-order valence-corrected chi connectivity index (χ4v) is 5.44. The van der Waals surface area contributed by atoms with Gasteiger partial charge in [-0.25, -0.2) is 9.59 Å². The first kappa shape index (κ1) is 31.2. The Morgan fingerprint density at radius 2 is 1.29 bits per heavy atom. The molecule has 1 rings (SSSR count). The lowest BCUT2D eigenvalue weighted by molar-refractivity contribution is -0.151. The maximum Gasteiger partial charge on any atom is 0.347 e. The molecule has 35 heavy (non-hydrogen) atoms. The van der Waals surface area contributed by atoms with Crippen LogP contribution >= 0.6 is 0 Å². The summed E-state index contributed by atoms with van der Waals surface area (Å²) in [7, 11) is 0.466. The summed E-state index contributed by atoms with van der Waals surface area (Å²) < 4.78 is 9.90. The first-order valence-corrected chi connectivity index (χ1v) is 17.6. The molecule has 0 fully saturated rings. The molecule has 1 atom stereocenters. The maximum atomic E-state index is 12.2. The largest absolute Gasteiger partial charge is 0.466 e. The van der Waals surface area contributed by atoms with Crippen molar-refractivity contribution in [3.8, 4) is 0 Å². The minimum Gasteiger partial charge on any atom is -0.466 e. The number of unbranched alkanes of at least 4 members (excludes halogenated alkanes) is 11. The van der Waals surface area contributed by atoms with E-state index in [0.29, 0.717) is 12.0 Å². The Morgan fingerprint density at radius 1 is 0.800 bits per heavy atom. The number of carbonyl (C=O) groups excluding carboxylic acids is 2. The molecule has 0 aliphatic carbocycles. The van der Waals surface area contributed by atoms with Gasteiger partial charge in [-0.3, -0.25) is 0 Å². The highest BCUT2D eigenvalue weighted by molar-refractivity contribution is 6.76. The van der Waals surface area contributed by atoms with Crippen molar-refractivity contribution in [2.24, 2.45) is 0 Å². The minimum absolute atomic E-state index is 0.386. The number of ether oxygens (including phenoxy) is 2. The van der Waals surface area contributed by atoms with Crippen molar-refractivity contribution in [3.05, 3.63) is 29.8 Å². The monoisotopic (exact) mass is 505 g/mol. The molecule has 5 nitrogen and oxygen atoms in total. The number of rotatable bonds is 20. The van der Waals surface area contributed by atoms with Gasteiger partial charge >= 0.3 is 11.9 Å². The van der Waals surface area contributed by atoms with Gasteiger partial charge in [0.15, 0.2) is 6.10 Å². The molecule has 0 heterocycles. The Balaban J connectivity index is 2.01. The molecule has 1 aromatic carbocycles. The average molecular weight is 506 g/mol. The fourth-order valence-electron chi connectivity index (χ4n) is 4.13. The molecule has 0 spiro atoms. The van der Waals surface area contributed by atoms with Crippen LogP contribution in [0.2, 0.25) is 25.7 Å². The fraction of sp³-hybridized carbons (Fsp3) is 0.724. The van der Waals surface area contributed by atoms with Crippen LogP contribution in [0.1, 0.15) is 101 Å². The number of anilines is 1. The molecule has 0 saturated carbocycles. The zero-order valence-corrected chi connectivity index (χ0v) is 24.1. The smallest absolute Gasteiger partial charge is 0.347 e. The quantitative estimate of drug-likeness (QED) is 0.110. The van der Waals surface area contributed by atoms with E-state index >= 15 is 0 Å². The van der Waals surface area contributed by atoms with Crippen LogP contribution in [0.25, 0.3) is 0 Å². The predicted octanol–water partition coefficient (Wildman–Crippen LogP) is 8.23. The highest BCUT2D eigenvalue weighted by Gasteiger charge is 2.22. The molecule has 6 heteroatoms. The second-order valence-corrected chi connectivity index (χ2v) is 16.5. The van der Waals surface area contributed by atoms with Crippen molar-refractivity contribution in [2.75, 3.05) is 19.0 Å². The van der Waals surface area contributed by atoms with E-state index in [9.17, 15) is 9.59 Å². The second kappa shape index (κ2) is 18.4. The van der Waals surface area contributed by atoms with Crippen LogP contribution in [0.4, 0.5) is 5.69 Å². The molecule has 0 aliphatic rings. The van der Waals surface area contributed by atoms with E-state index in [4.69, 9.17) is 4.74 Å². The summed E-state index contributed by atoms with van der Waals surface area (Å²) in [5.74, 6) is -1.04. The Morgan fingerprint density at radius 3 is 1.74 bits per heavy atom. The van der Waals surface area contributed by atoms with Crippen LogP contribution in [0.3, 0.4) is 0 Å². The molecule has 1 N–H and O–H groups in total. The Labute approximate surface area is 215 Å². The highest BCUT2D eigenvalue weighted by Crippen LogP contribution is 2.17. The van der Waals surface area contributed by atoms with Gasteiger partial charge < -0.3 is 14.8 Å². The zero-order chi connectivity index (χ0) is 25.9. The molecule has 0 radical (unpaired) electrons. The Hall–Kier alpha value is -1.82. The average Bonchev–Trinajstić information content (AvgIpc) is 2.83. The molecule has 0 aliphatic heterocycles. The van der Waals surface area contributed by atoms with Crippen LogP contribution in [0.5, 0.6) is 0 Å². The summed E-state index contributed by atoms with van der Waals surface area (Å²) >= 11 is 0. The first-order chi connectivity index (χ1) is 16.8. The van der Waals surface area contributed by atoms with Crippen molar-refractivity contribution in [3.63, 3.8) is 0 Å². The number of methoxy groups -OCH3 is 1. The molecule has 1 unspecified atom stereocenters. The normalized spacial score (nSPS) is 12.3. The van der Waals surface area contributed by atoms with E-state index in [0.717, 1.165) is 18.7 Å². The van der Waals surface area contributed by atoms with Gasteiger partial charge in [-0.1, -0.05) is 103 Å².